The molecule has 1 aliphatic carbocycles. The van der Waals surface area contributed by atoms with Gasteiger partial charge in [-0.3, -0.25) is 0 Å². The summed E-state index contributed by atoms with van der Waals surface area (Å²) in [5.74, 6) is -1.17. The highest BCUT2D eigenvalue weighted by Gasteiger charge is 2.40. The van der Waals surface area contributed by atoms with E-state index in [0.717, 1.165) is 29.7 Å². The number of aromatic nitrogens is 1. The van der Waals surface area contributed by atoms with Gasteiger partial charge in [-0.1, -0.05) is 53.7 Å². The van der Waals surface area contributed by atoms with Crippen molar-refractivity contribution in [3.8, 4) is 11.3 Å². The lowest BCUT2D eigenvalue weighted by molar-refractivity contribution is 0.214. The molecule has 1 aromatic heterocycles. The Morgan fingerprint density at radius 1 is 1.04 bits per heavy atom. The van der Waals surface area contributed by atoms with Gasteiger partial charge in [0, 0.05) is 18.5 Å². The highest BCUT2D eigenvalue weighted by molar-refractivity contribution is 7.55. The first-order valence-corrected chi connectivity index (χ1v) is 11.1. The molecule has 2 nitrogen and oxygen atoms in total. The van der Waals surface area contributed by atoms with E-state index >= 15 is 0 Å². The maximum Gasteiger partial charge on any atom is 0.135 e. The minimum absolute atomic E-state index is 0.0293. The summed E-state index contributed by atoms with van der Waals surface area (Å²) in [6.07, 6.45) is 1.61. The molecule has 3 rings (SSSR count). The van der Waals surface area contributed by atoms with Crippen molar-refractivity contribution in [1.82, 2.24) is 4.98 Å². The molecule has 0 unspecified atom stereocenters. The predicted octanol–water partition coefficient (Wildman–Crippen LogP) is 7.33. The van der Waals surface area contributed by atoms with Crippen molar-refractivity contribution in [1.29, 1.82) is 0 Å². The first-order valence-electron chi connectivity index (χ1n) is 9.81. The van der Waals surface area contributed by atoms with E-state index in [2.05, 4.69) is 41.5 Å². The SMILES string of the molecule is Cc1cc2c(nc1-c1c(F)cccc1F)[C@@H](OP(C(C)(C)C)C(C)(C)C)CC2. The normalized spacial score (nSPS) is 17.3. The molecule has 1 aromatic carbocycles. The number of rotatable bonds is 3. The fourth-order valence-corrected chi connectivity index (χ4v) is 7.22. The van der Waals surface area contributed by atoms with Crippen molar-refractivity contribution < 1.29 is 13.3 Å². The zero-order chi connectivity index (χ0) is 20.9. The lowest BCUT2D eigenvalue weighted by Gasteiger charge is -2.41. The fourth-order valence-electron chi connectivity index (χ4n) is 4.12. The summed E-state index contributed by atoms with van der Waals surface area (Å²) >= 11 is 0. The molecule has 0 fully saturated rings. The maximum atomic E-state index is 14.4. The second kappa shape index (κ2) is 7.46. The zero-order valence-corrected chi connectivity index (χ0v) is 18.8. The molecule has 0 aliphatic heterocycles. The highest BCUT2D eigenvalue weighted by atomic mass is 31.1. The summed E-state index contributed by atoms with van der Waals surface area (Å²) in [6.45, 7) is 15.1. The molecule has 2 aromatic rings. The van der Waals surface area contributed by atoms with Crippen LogP contribution in [0.3, 0.4) is 0 Å². The Hall–Kier alpha value is -1.38. The van der Waals surface area contributed by atoms with Gasteiger partial charge in [-0.25, -0.2) is 13.8 Å². The first-order chi connectivity index (χ1) is 12.9. The van der Waals surface area contributed by atoms with E-state index in [0.29, 0.717) is 5.69 Å². The molecule has 0 N–H and O–H groups in total. The molecule has 0 amide bonds. The second-order valence-corrected chi connectivity index (χ2v) is 13.0. The van der Waals surface area contributed by atoms with E-state index < -0.39 is 19.8 Å². The van der Waals surface area contributed by atoms with E-state index in [1.54, 1.807) is 0 Å². The number of hydrogen-bond donors (Lipinski definition) is 0. The van der Waals surface area contributed by atoms with Gasteiger partial charge < -0.3 is 4.52 Å². The van der Waals surface area contributed by atoms with Crippen LogP contribution in [0.15, 0.2) is 24.3 Å². The van der Waals surface area contributed by atoms with Gasteiger partial charge in [0.15, 0.2) is 0 Å². The number of halogens is 2. The minimum atomic E-state index is -0.750. The highest BCUT2D eigenvalue weighted by Crippen LogP contribution is 2.63. The molecule has 152 valence electrons. The Morgan fingerprint density at radius 3 is 2.14 bits per heavy atom. The average molecular weight is 405 g/mol. The monoisotopic (exact) mass is 405 g/mol. The summed E-state index contributed by atoms with van der Waals surface area (Å²) in [5.41, 5.74) is 3.07. The smallest absolute Gasteiger partial charge is 0.135 e. The molecule has 1 atom stereocenters. The van der Waals surface area contributed by atoms with Gasteiger partial charge in [0.05, 0.1) is 17.0 Å². The van der Waals surface area contributed by atoms with Crippen LogP contribution in [0.2, 0.25) is 0 Å². The molecular formula is C23H30F2NOP. The van der Waals surface area contributed by atoms with Crippen molar-refractivity contribution in [3.63, 3.8) is 0 Å². The number of nitrogens with zero attached hydrogens (tertiary/aromatic N) is 1. The molecule has 0 radical (unpaired) electrons. The Morgan fingerprint density at radius 2 is 1.61 bits per heavy atom. The van der Waals surface area contributed by atoms with Gasteiger partial charge in [0.2, 0.25) is 0 Å². The van der Waals surface area contributed by atoms with Crippen molar-refractivity contribution in [2.45, 2.75) is 77.7 Å². The quantitative estimate of drug-likeness (QED) is 0.499. The van der Waals surface area contributed by atoms with Crippen LogP contribution < -0.4 is 0 Å². The van der Waals surface area contributed by atoms with Crippen LogP contribution in [0.4, 0.5) is 8.78 Å². The van der Waals surface area contributed by atoms with E-state index in [4.69, 9.17) is 9.51 Å². The first kappa shape index (κ1) is 21.3. The van der Waals surface area contributed by atoms with Crippen molar-refractivity contribution in [3.05, 3.63) is 52.7 Å². The van der Waals surface area contributed by atoms with Crippen LogP contribution in [-0.2, 0) is 10.9 Å². The Balaban J connectivity index is 2.03. The summed E-state index contributed by atoms with van der Waals surface area (Å²) in [5, 5.41) is 0.0586. The summed E-state index contributed by atoms with van der Waals surface area (Å²) < 4.78 is 35.4. The lowest BCUT2D eigenvalue weighted by atomic mass is 10.0. The van der Waals surface area contributed by atoms with Crippen molar-refractivity contribution in [2.75, 3.05) is 0 Å². The Labute approximate surface area is 168 Å². The van der Waals surface area contributed by atoms with E-state index in [1.165, 1.54) is 18.2 Å². The Kier molecular flexibility index (Phi) is 5.68. The number of pyridine rings is 1. The molecule has 0 saturated heterocycles. The minimum Gasteiger partial charge on any atom is -0.349 e. The fraction of sp³-hybridized carbons (Fsp3) is 0.522. The summed E-state index contributed by atoms with van der Waals surface area (Å²) in [6, 6.07) is 5.95. The van der Waals surface area contributed by atoms with Gasteiger partial charge in [-0.05, 0) is 43.0 Å². The van der Waals surface area contributed by atoms with Crippen LogP contribution in [-0.4, -0.2) is 15.3 Å². The number of fused-ring (bicyclic) bond motifs is 1. The predicted molar refractivity (Wildman–Crippen MR) is 113 cm³/mol. The molecule has 0 saturated carbocycles. The van der Waals surface area contributed by atoms with Gasteiger partial charge in [-0.15, -0.1) is 0 Å². The third-order valence-corrected chi connectivity index (χ3v) is 7.86. The van der Waals surface area contributed by atoms with Gasteiger partial charge in [-0.2, -0.15) is 0 Å². The maximum absolute atomic E-state index is 14.4. The van der Waals surface area contributed by atoms with E-state index in [1.807, 2.05) is 13.0 Å². The van der Waals surface area contributed by atoms with Gasteiger partial charge in [0.25, 0.3) is 0 Å². The summed E-state index contributed by atoms with van der Waals surface area (Å²) in [4.78, 5) is 4.75. The Bertz CT molecular complexity index is 849. The van der Waals surface area contributed by atoms with Crippen LogP contribution in [0, 0.1) is 18.6 Å². The molecule has 1 heterocycles. The van der Waals surface area contributed by atoms with Gasteiger partial charge >= 0.3 is 0 Å². The van der Waals surface area contributed by atoms with Crippen LogP contribution >= 0.6 is 8.15 Å². The topological polar surface area (TPSA) is 22.1 Å². The van der Waals surface area contributed by atoms with Crippen molar-refractivity contribution in [2.24, 2.45) is 0 Å². The average Bonchev–Trinajstić information content (AvgIpc) is 2.92. The molecule has 0 bridgehead atoms. The number of aryl methyl sites for hydroxylation is 2. The van der Waals surface area contributed by atoms with Gasteiger partial charge in [0.1, 0.15) is 17.7 Å². The van der Waals surface area contributed by atoms with Crippen LogP contribution in [0.1, 0.15) is 70.9 Å². The lowest BCUT2D eigenvalue weighted by Crippen LogP contribution is -2.27. The van der Waals surface area contributed by atoms with Crippen molar-refractivity contribution >= 4 is 8.15 Å². The van der Waals surface area contributed by atoms with Crippen LogP contribution in [0.25, 0.3) is 11.3 Å². The molecular weight excluding hydrogens is 375 g/mol. The molecule has 1 aliphatic rings. The van der Waals surface area contributed by atoms with E-state index in [9.17, 15) is 8.78 Å². The summed E-state index contributed by atoms with van der Waals surface area (Å²) in [7, 11) is -0.750. The molecule has 28 heavy (non-hydrogen) atoms. The zero-order valence-electron chi connectivity index (χ0n) is 17.9. The number of benzene rings is 1. The second-order valence-electron chi connectivity index (χ2n) is 9.56. The molecule has 5 heteroatoms. The molecule has 0 spiro atoms. The third-order valence-electron chi connectivity index (χ3n) is 4.96. The standard InChI is InChI=1S/C23H30F2NOP/c1-14-13-15-11-12-18(27-28(22(2,3)4)23(5,6)7)21(15)26-20(14)19-16(24)9-8-10-17(19)25/h8-10,13,18H,11-12H2,1-7H3/t18-/m0/s1. The van der Waals surface area contributed by atoms with Crippen LogP contribution in [0.5, 0.6) is 0 Å². The largest absolute Gasteiger partial charge is 0.349 e. The number of hydrogen-bond acceptors (Lipinski definition) is 2. The van der Waals surface area contributed by atoms with E-state index in [-0.39, 0.29) is 22.0 Å². The third kappa shape index (κ3) is 4.14.